The van der Waals surface area contributed by atoms with Crippen LogP contribution in [0.5, 0.6) is 0 Å². The van der Waals surface area contributed by atoms with Gasteiger partial charge in [-0.1, -0.05) is 334 Å². The Labute approximate surface area is 469 Å². The van der Waals surface area contributed by atoms with Crippen LogP contribution in [0.15, 0.2) is 24.3 Å². The van der Waals surface area contributed by atoms with E-state index in [2.05, 4.69) is 31.3 Å². The average Bonchev–Trinajstić information content (AvgIpc) is 3.41. The van der Waals surface area contributed by atoms with Gasteiger partial charge in [0, 0.05) is 12.8 Å². The molecule has 75 heavy (non-hydrogen) atoms. The first-order valence-corrected chi connectivity index (χ1v) is 34.1. The first kappa shape index (κ1) is 73.3. The van der Waals surface area contributed by atoms with Gasteiger partial charge in [-0.05, 0) is 57.8 Å². The van der Waals surface area contributed by atoms with E-state index in [4.69, 9.17) is 4.74 Å². The number of hydrogen-bond acceptors (Lipinski definition) is 5. The first-order chi connectivity index (χ1) is 37.0. The summed E-state index contributed by atoms with van der Waals surface area (Å²) in [6.45, 7) is 4.93. The van der Waals surface area contributed by atoms with Crippen molar-refractivity contribution >= 4 is 11.9 Å². The molecule has 0 aromatic heterocycles. The van der Waals surface area contributed by atoms with E-state index in [0.717, 1.165) is 44.9 Å². The molecule has 0 rings (SSSR count). The molecule has 2 unspecified atom stereocenters. The van der Waals surface area contributed by atoms with Gasteiger partial charge in [0.2, 0.25) is 5.91 Å². The van der Waals surface area contributed by atoms with E-state index in [9.17, 15) is 19.8 Å². The van der Waals surface area contributed by atoms with E-state index >= 15 is 0 Å². The van der Waals surface area contributed by atoms with Crippen molar-refractivity contribution in [1.82, 2.24) is 5.32 Å². The van der Waals surface area contributed by atoms with Crippen molar-refractivity contribution in [2.45, 2.75) is 392 Å². The quantitative estimate of drug-likeness (QED) is 0.0320. The number of carbonyl (C=O) groups excluding carboxylic acids is 2. The summed E-state index contributed by atoms with van der Waals surface area (Å²) in [6, 6.07) is -0.625. The zero-order valence-corrected chi connectivity index (χ0v) is 50.8. The summed E-state index contributed by atoms with van der Waals surface area (Å²) in [5.41, 5.74) is 0. The summed E-state index contributed by atoms with van der Waals surface area (Å²) in [6.07, 6.45) is 81.0. The van der Waals surface area contributed by atoms with Crippen LogP contribution in [0, 0.1) is 0 Å². The third-order valence-electron chi connectivity index (χ3n) is 16.0. The number of aliphatic hydroxyl groups is 2. The summed E-state index contributed by atoms with van der Waals surface area (Å²) in [5, 5.41) is 23.2. The van der Waals surface area contributed by atoms with E-state index in [1.54, 1.807) is 6.08 Å². The summed E-state index contributed by atoms with van der Waals surface area (Å²) in [4.78, 5) is 24.6. The fourth-order valence-corrected chi connectivity index (χ4v) is 10.7. The van der Waals surface area contributed by atoms with Crippen LogP contribution in [0.3, 0.4) is 0 Å². The molecule has 0 spiro atoms. The molecule has 0 bridgehead atoms. The SMILES string of the molecule is CCCCCCCC/C=C\CCCCCCCC(=O)OCCCCCCCCCCCCCCCCCCCCCCCCCCCCCC(=O)NC(CO)C(O)/C=C/CCCCCCCCCCCCCCCC. The van der Waals surface area contributed by atoms with E-state index < -0.39 is 12.1 Å². The topological polar surface area (TPSA) is 95.9 Å². The van der Waals surface area contributed by atoms with Crippen LogP contribution >= 0.6 is 0 Å². The minimum Gasteiger partial charge on any atom is -0.466 e. The zero-order valence-electron chi connectivity index (χ0n) is 50.8. The molecular weight excluding hydrogens is 923 g/mol. The number of carbonyl (C=O) groups is 2. The molecule has 1 amide bonds. The summed E-state index contributed by atoms with van der Waals surface area (Å²) >= 11 is 0. The maximum atomic E-state index is 12.5. The van der Waals surface area contributed by atoms with E-state index in [0.29, 0.717) is 19.4 Å². The van der Waals surface area contributed by atoms with Gasteiger partial charge in [0.05, 0.1) is 25.4 Å². The predicted octanol–water partition coefficient (Wildman–Crippen LogP) is 21.8. The highest BCUT2D eigenvalue weighted by Gasteiger charge is 2.18. The number of esters is 1. The molecule has 0 radical (unpaired) electrons. The van der Waals surface area contributed by atoms with Crippen molar-refractivity contribution in [3.05, 3.63) is 24.3 Å². The van der Waals surface area contributed by atoms with Crippen LogP contribution < -0.4 is 5.32 Å². The summed E-state index contributed by atoms with van der Waals surface area (Å²) in [7, 11) is 0. The molecule has 0 aliphatic carbocycles. The van der Waals surface area contributed by atoms with Crippen molar-refractivity contribution in [2.75, 3.05) is 13.2 Å². The Balaban J connectivity index is 3.36. The van der Waals surface area contributed by atoms with Crippen LogP contribution in [0.2, 0.25) is 0 Å². The molecule has 2 atom stereocenters. The molecule has 6 nitrogen and oxygen atoms in total. The number of ether oxygens (including phenoxy) is 1. The van der Waals surface area contributed by atoms with Crippen LogP contribution in [0.1, 0.15) is 380 Å². The molecule has 0 aromatic carbocycles. The fourth-order valence-electron chi connectivity index (χ4n) is 10.7. The normalized spacial score (nSPS) is 12.6. The summed E-state index contributed by atoms with van der Waals surface area (Å²) in [5.74, 6) is -0.0524. The molecule has 0 heterocycles. The van der Waals surface area contributed by atoms with Gasteiger partial charge in [-0.25, -0.2) is 0 Å². The largest absolute Gasteiger partial charge is 0.466 e. The number of allylic oxidation sites excluding steroid dienone is 3. The molecule has 0 saturated heterocycles. The zero-order chi connectivity index (χ0) is 54.3. The predicted molar refractivity (Wildman–Crippen MR) is 329 cm³/mol. The van der Waals surface area contributed by atoms with Gasteiger partial charge < -0.3 is 20.3 Å². The molecule has 0 aromatic rings. The van der Waals surface area contributed by atoms with Gasteiger partial charge in [0.1, 0.15) is 0 Å². The molecule has 0 saturated carbocycles. The smallest absolute Gasteiger partial charge is 0.305 e. The molecule has 6 heteroatoms. The number of aliphatic hydroxyl groups excluding tert-OH is 2. The molecule has 0 aliphatic rings. The maximum absolute atomic E-state index is 12.5. The Kier molecular flexibility index (Phi) is 63.4. The molecule has 444 valence electrons. The van der Waals surface area contributed by atoms with E-state index in [1.165, 1.54) is 308 Å². The Bertz CT molecular complexity index is 1170. The van der Waals surface area contributed by atoms with Gasteiger partial charge in [0.25, 0.3) is 0 Å². The number of hydrogen-bond donors (Lipinski definition) is 3. The highest BCUT2D eigenvalue weighted by atomic mass is 16.5. The van der Waals surface area contributed by atoms with Crippen LogP contribution in [0.25, 0.3) is 0 Å². The lowest BCUT2D eigenvalue weighted by molar-refractivity contribution is -0.143. The highest BCUT2D eigenvalue weighted by molar-refractivity contribution is 5.76. The number of amides is 1. The van der Waals surface area contributed by atoms with Crippen molar-refractivity contribution in [3.8, 4) is 0 Å². The van der Waals surface area contributed by atoms with Crippen molar-refractivity contribution in [2.24, 2.45) is 0 Å². The number of nitrogens with one attached hydrogen (secondary N) is 1. The van der Waals surface area contributed by atoms with Gasteiger partial charge in [0.15, 0.2) is 0 Å². The van der Waals surface area contributed by atoms with Gasteiger partial charge in [-0.2, -0.15) is 0 Å². The third-order valence-corrected chi connectivity index (χ3v) is 16.0. The van der Waals surface area contributed by atoms with Crippen LogP contribution in [-0.2, 0) is 14.3 Å². The molecular formula is C69H133NO5. The Morgan fingerprint density at radius 1 is 0.360 bits per heavy atom. The second-order valence-electron chi connectivity index (χ2n) is 23.5. The second kappa shape index (κ2) is 64.9. The first-order valence-electron chi connectivity index (χ1n) is 34.1. The minimum atomic E-state index is -0.842. The highest BCUT2D eigenvalue weighted by Crippen LogP contribution is 2.18. The van der Waals surface area contributed by atoms with Crippen molar-refractivity contribution in [1.29, 1.82) is 0 Å². The van der Waals surface area contributed by atoms with E-state index in [-0.39, 0.29) is 18.5 Å². The maximum Gasteiger partial charge on any atom is 0.305 e. The van der Waals surface area contributed by atoms with Gasteiger partial charge in [-0.15, -0.1) is 0 Å². The van der Waals surface area contributed by atoms with Crippen LogP contribution in [-0.4, -0.2) is 47.4 Å². The Morgan fingerprint density at radius 2 is 0.627 bits per heavy atom. The monoisotopic (exact) mass is 1060 g/mol. The lowest BCUT2D eigenvalue weighted by Gasteiger charge is -2.20. The summed E-state index contributed by atoms with van der Waals surface area (Å²) < 4.78 is 5.49. The van der Waals surface area contributed by atoms with Crippen LogP contribution in [0.4, 0.5) is 0 Å². The second-order valence-corrected chi connectivity index (χ2v) is 23.5. The third kappa shape index (κ3) is 61.4. The minimum absolute atomic E-state index is 0.0103. The Morgan fingerprint density at radius 3 is 0.947 bits per heavy atom. The number of rotatable bonds is 64. The number of unbranched alkanes of at least 4 members (excludes halogenated alkanes) is 51. The standard InChI is InChI=1S/C69H133NO5/c1-3-5-7-9-11-13-15-17-19-34-37-41-45-49-53-57-61-67(72)66(65-71)70-68(73)62-58-54-50-46-42-38-35-31-29-27-25-23-21-20-22-24-26-28-30-32-36-40-44-48-52-56-60-64-75-69(74)63-59-55-51-47-43-39-33-18-16-14-12-10-8-6-4-2/h18,33,57,61,66-67,71-72H,3-17,19-32,34-56,58-60,62-65H2,1-2H3,(H,70,73)/b33-18-,61-57+. The molecule has 3 N–H and O–H groups in total. The molecule has 0 aliphatic heterocycles. The van der Waals surface area contributed by atoms with Crippen molar-refractivity contribution in [3.63, 3.8) is 0 Å². The van der Waals surface area contributed by atoms with Crippen molar-refractivity contribution < 1.29 is 24.5 Å². The lowest BCUT2D eigenvalue weighted by Crippen LogP contribution is -2.45. The van der Waals surface area contributed by atoms with Gasteiger partial charge >= 0.3 is 5.97 Å². The average molecular weight is 1060 g/mol. The van der Waals surface area contributed by atoms with E-state index in [1.807, 2.05) is 6.08 Å². The lowest BCUT2D eigenvalue weighted by atomic mass is 10.0. The fraction of sp³-hybridized carbons (Fsp3) is 0.913. The Hall–Kier alpha value is -1.66. The van der Waals surface area contributed by atoms with Gasteiger partial charge in [-0.3, -0.25) is 9.59 Å². The molecule has 0 fully saturated rings.